The van der Waals surface area contributed by atoms with Gasteiger partial charge in [0.1, 0.15) is 0 Å². The van der Waals surface area contributed by atoms with Gasteiger partial charge >= 0.3 is 0 Å². The zero-order valence-electron chi connectivity index (χ0n) is 9.25. The van der Waals surface area contributed by atoms with E-state index in [2.05, 4.69) is 4.74 Å². The van der Waals surface area contributed by atoms with Gasteiger partial charge in [-0.25, -0.2) is 13.2 Å². The fraction of sp³-hybridized carbons (Fsp3) is 0. The molecule has 0 aromatic heterocycles. The molecule has 6 heteroatoms. The smallest absolute Gasteiger partial charge is 0.201 e. The third kappa shape index (κ3) is 2.50. The Hall–Kier alpha value is -2.55. The Labute approximate surface area is 105 Å². The van der Waals surface area contributed by atoms with Crippen LogP contribution in [0.3, 0.4) is 0 Å². The van der Waals surface area contributed by atoms with Crippen LogP contribution < -0.4 is 4.74 Å². The van der Waals surface area contributed by atoms with E-state index < -0.39 is 34.8 Å². The van der Waals surface area contributed by atoms with Gasteiger partial charge in [0.05, 0.1) is 11.6 Å². The highest BCUT2D eigenvalue weighted by molar-refractivity contribution is 5.40. The SMILES string of the molecule is N#Cc1cc(F)c(Oc2cccc(F)c2F)c(F)c1. The lowest BCUT2D eigenvalue weighted by atomic mass is 10.2. The van der Waals surface area contributed by atoms with Crippen molar-refractivity contribution in [2.24, 2.45) is 0 Å². The Morgan fingerprint density at radius 2 is 1.58 bits per heavy atom. The lowest BCUT2D eigenvalue weighted by Gasteiger charge is -2.09. The van der Waals surface area contributed by atoms with Crippen molar-refractivity contribution in [2.45, 2.75) is 0 Å². The molecule has 0 unspecified atom stereocenters. The molecule has 0 aliphatic rings. The number of rotatable bonds is 2. The third-order valence-corrected chi connectivity index (χ3v) is 2.26. The van der Waals surface area contributed by atoms with Crippen molar-refractivity contribution in [3.05, 3.63) is 59.2 Å². The van der Waals surface area contributed by atoms with E-state index in [-0.39, 0.29) is 5.56 Å². The molecule has 2 aromatic rings. The maximum absolute atomic E-state index is 13.5. The van der Waals surface area contributed by atoms with Crippen LogP contribution in [0.1, 0.15) is 5.56 Å². The minimum absolute atomic E-state index is 0.248. The van der Waals surface area contributed by atoms with Gasteiger partial charge in [-0.15, -0.1) is 0 Å². The largest absolute Gasteiger partial charge is 0.448 e. The van der Waals surface area contributed by atoms with E-state index in [1.165, 1.54) is 0 Å². The van der Waals surface area contributed by atoms with E-state index in [0.717, 1.165) is 30.3 Å². The highest BCUT2D eigenvalue weighted by Gasteiger charge is 2.17. The second-order valence-electron chi connectivity index (χ2n) is 3.53. The Bertz CT molecular complexity index is 656. The van der Waals surface area contributed by atoms with Crippen LogP contribution in [0.2, 0.25) is 0 Å². The van der Waals surface area contributed by atoms with Crippen molar-refractivity contribution in [1.29, 1.82) is 5.26 Å². The van der Waals surface area contributed by atoms with Gasteiger partial charge in [-0.05, 0) is 24.3 Å². The second-order valence-corrected chi connectivity index (χ2v) is 3.53. The van der Waals surface area contributed by atoms with Crippen molar-refractivity contribution in [1.82, 2.24) is 0 Å². The Kier molecular flexibility index (Phi) is 3.38. The molecule has 96 valence electrons. The van der Waals surface area contributed by atoms with Gasteiger partial charge in [-0.3, -0.25) is 0 Å². The summed E-state index contributed by atoms with van der Waals surface area (Å²) in [6.45, 7) is 0. The molecule has 0 spiro atoms. The van der Waals surface area contributed by atoms with Crippen molar-refractivity contribution < 1.29 is 22.3 Å². The van der Waals surface area contributed by atoms with Crippen molar-refractivity contribution in [2.75, 3.05) is 0 Å². The van der Waals surface area contributed by atoms with Gasteiger partial charge < -0.3 is 4.74 Å². The fourth-order valence-electron chi connectivity index (χ4n) is 1.39. The number of nitrogens with zero attached hydrogens (tertiary/aromatic N) is 1. The van der Waals surface area contributed by atoms with E-state index in [4.69, 9.17) is 5.26 Å². The van der Waals surface area contributed by atoms with E-state index in [1.54, 1.807) is 6.07 Å². The standard InChI is InChI=1S/C13H5F4NO/c14-8-2-1-3-11(12(8)17)19-13-9(15)4-7(6-18)5-10(13)16/h1-5H. The van der Waals surface area contributed by atoms with Gasteiger partial charge in [0.25, 0.3) is 0 Å². The number of benzene rings is 2. The molecule has 19 heavy (non-hydrogen) atoms. The number of hydrogen-bond acceptors (Lipinski definition) is 2. The van der Waals surface area contributed by atoms with E-state index in [1.807, 2.05) is 0 Å². The van der Waals surface area contributed by atoms with Gasteiger partial charge in [0, 0.05) is 0 Å². The molecule has 0 radical (unpaired) electrons. The van der Waals surface area contributed by atoms with Crippen LogP contribution in [0.5, 0.6) is 11.5 Å². The number of ether oxygens (including phenoxy) is 1. The molecule has 2 nitrogen and oxygen atoms in total. The van der Waals surface area contributed by atoms with Crippen molar-refractivity contribution in [3.63, 3.8) is 0 Å². The highest BCUT2D eigenvalue weighted by atomic mass is 19.2. The Morgan fingerprint density at radius 1 is 0.947 bits per heavy atom. The van der Waals surface area contributed by atoms with Crippen LogP contribution in [-0.4, -0.2) is 0 Å². The molecule has 0 fully saturated rings. The topological polar surface area (TPSA) is 33.0 Å². The highest BCUT2D eigenvalue weighted by Crippen LogP contribution is 2.30. The van der Waals surface area contributed by atoms with Crippen LogP contribution in [-0.2, 0) is 0 Å². The molecule has 0 N–H and O–H groups in total. The van der Waals surface area contributed by atoms with Crippen molar-refractivity contribution in [3.8, 4) is 17.6 Å². The molecule has 0 heterocycles. The van der Waals surface area contributed by atoms with Gasteiger partial charge in [0.15, 0.2) is 29.0 Å². The van der Waals surface area contributed by atoms with Gasteiger partial charge in [0.2, 0.25) is 5.82 Å². The first-order chi connectivity index (χ1) is 9.02. The first-order valence-corrected chi connectivity index (χ1v) is 5.04. The monoisotopic (exact) mass is 267 g/mol. The van der Waals surface area contributed by atoms with E-state index >= 15 is 0 Å². The lowest BCUT2D eigenvalue weighted by Crippen LogP contribution is -1.97. The number of halogens is 4. The minimum atomic E-state index is -1.36. The second kappa shape index (κ2) is 4.98. The zero-order valence-corrected chi connectivity index (χ0v) is 9.25. The quantitative estimate of drug-likeness (QED) is 0.773. The molecule has 0 amide bonds. The number of nitriles is 1. The molecule has 2 rings (SSSR count). The average Bonchev–Trinajstić information content (AvgIpc) is 2.38. The summed E-state index contributed by atoms with van der Waals surface area (Å²) in [5.74, 6) is -6.47. The molecule has 0 atom stereocenters. The lowest BCUT2D eigenvalue weighted by molar-refractivity contribution is 0.375. The summed E-state index contributed by atoms with van der Waals surface area (Å²) in [4.78, 5) is 0. The zero-order chi connectivity index (χ0) is 14.0. The summed E-state index contributed by atoms with van der Waals surface area (Å²) in [6.07, 6.45) is 0. The Balaban J connectivity index is 2.45. The maximum Gasteiger partial charge on any atom is 0.201 e. The molecule has 0 aliphatic carbocycles. The van der Waals surface area contributed by atoms with E-state index in [9.17, 15) is 17.6 Å². The van der Waals surface area contributed by atoms with Crippen LogP contribution in [0.4, 0.5) is 17.6 Å². The minimum Gasteiger partial charge on any atom is -0.448 e. The molecule has 0 saturated heterocycles. The maximum atomic E-state index is 13.5. The van der Waals surface area contributed by atoms with Gasteiger partial charge in [-0.1, -0.05) is 6.07 Å². The van der Waals surface area contributed by atoms with Crippen LogP contribution in [0.15, 0.2) is 30.3 Å². The molecule has 0 saturated carbocycles. The summed E-state index contributed by atoms with van der Waals surface area (Å²) >= 11 is 0. The third-order valence-electron chi connectivity index (χ3n) is 2.26. The average molecular weight is 267 g/mol. The first kappa shape index (κ1) is 12.9. The molecule has 2 aromatic carbocycles. The summed E-state index contributed by atoms with van der Waals surface area (Å²) in [5, 5.41) is 8.51. The summed E-state index contributed by atoms with van der Waals surface area (Å²) in [7, 11) is 0. The summed E-state index contributed by atoms with van der Waals surface area (Å²) < 4.78 is 57.9. The van der Waals surface area contributed by atoms with Crippen molar-refractivity contribution >= 4 is 0 Å². The Morgan fingerprint density at radius 3 is 2.16 bits per heavy atom. The predicted octanol–water partition coefficient (Wildman–Crippen LogP) is 3.91. The van der Waals surface area contributed by atoms with Crippen LogP contribution in [0, 0.1) is 34.6 Å². The summed E-state index contributed by atoms with van der Waals surface area (Å²) in [6, 6.07) is 6.01. The first-order valence-electron chi connectivity index (χ1n) is 5.04. The van der Waals surface area contributed by atoms with Crippen LogP contribution >= 0.6 is 0 Å². The number of hydrogen-bond donors (Lipinski definition) is 0. The molecule has 0 bridgehead atoms. The molecule has 0 aliphatic heterocycles. The molecular formula is C13H5F4NO. The van der Waals surface area contributed by atoms with Crippen LogP contribution in [0.25, 0.3) is 0 Å². The predicted molar refractivity (Wildman–Crippen MR) is 57.5 cm³/mol. The molecular weight excluding hydrogens is 262 g/mol. The van der Waals surface area contributed by atoms with Gasteiger partial charge in [-0.2, -0.15) is 9.65 Å². The summed E-state index contributed by atoms with van der Waals surface area (Å²) in [5.41, 5.74) is -0.248. The normalized spacial score (nSPS) is 10.1. The van der Waals surface area contributed by atoms with E-state index in [0.29, 0.717) is 0 Å². The fourth-order valence-corrected chi connectivity index (χ4v) is 1.39.